The molecule has 172 valence electrons. The molecule has 0 radical (unpaired) electrons. The fourth-order valence-corrected chi connectivity index (χ4v) is 4.39. The largest absolute Gasteiger partial charge is 0.334 e. The number of rotatable bonds is 8. The fraction of sp³-hybridized carbons (Fsp3) is 0.286. The number of carbonyl (C=O) groups is 1. The maximum absolute atomic E-state index is 13.5. The number of aryl methyl sites for hydroxylation is 2. The first kappa shape index (κ1) is 22.0. The van der Waals surface area contributed by atoms with Crippen LogP contribution in [0.5, 0.6) is 0 Å². The van der Waals surface area contributed by atoms with Crippen molar-refractivity contribution in [3.8, 4) is 0 Å². The van der Waals surface area contributed by atoms with Crippen LogP contribution in [0.25, 0.3) is 10.9 Å². The molecule has 1 aliphatic carbocycles. The number of aromatic nitrogens is 3. The van der Waals surface area contributed by atoms with Crippen molar-refractivity contribution >= 4 is 16.8 Å². The SMILES string of the molecule is Cc1ccccc1CN(Cc1cccnc1)C(=O)CCc1nc2ccccc2c(=O)n1C1CC1. The average Bonchev–Trinajstić information content (AvgIpc) is 3.69. The Hall–Kier alpha value is -3.80. The third-order valence-electron chi connectivity index (χ3n) is 6.43. The zero-order valence-corrected chi connectivity index (χ0v) is 19.4. The molecule has 0 spiro atoms. The molecule has 6 nitrogen and oxygen atoms in total. The smallest absolute Gasteiger partial charge is 0.261 e. The highest BCUT2D eigenvalue weighted by Crippen LogP contribution is 2.35. The Morgan fingerprint density at radius 2 is 1.82 bits per heavy atom. The summed E-state index contributed by atoms with van der Waals surface area (Å²) in [6.45, 7) is 3.08. The lowest BCUT2D eigenvalue weighted by Crippen LogP contribution is -2.31. The van der Waals surface area contributed by atoms with Crippen molar-refractivity contribution in [1.82, 2.24) is 19.4 Å². The molecule has 0 unspecified atom stereocenters. The minimum Gasteiger partial charge on any atom is -0.334 e. The van der Waals surface area contributed by atoms with Crippen LogP contribution in [0.2, 0.25) is 0 Å². The van der Waals surface area contributed by atoms with E-state index in [1.165, 1.54) is 0 Å². The fourth-order valence-electron chi connectivity index (χ4n) is 4.39. The van der Waals surface area contributed by atoms with Gasteiger partial charge < -0.3 is 4.90 Å². The molecule has 2 aromatic heterocycles. The van der Waals surface area contributed by atoms with Crippen LogP contribution in [0.3, 0.4) is 0 Å². The van der Waals surface area contributed by atoms with Crippen molar-refractivity contribution in [3.05, 3.63) is 106 Å². The Morgan fingerprint density at radius 1 is 1.03 bits per heavy atom. The molecule has 0 N–H and O–H groups in total. The van der Waals surface area contributed by atoms with Gasteiger partial charge in [0.2, 0.25) is 5.91 Å². The van der Waals surface area contributed by atoms with Gasteiger partial charge in [-0.15, -0.1) is 0 Å². The molecule has 34 heavy (non-hydrogen) atoms. The van der Waals surface area contributed by atoms with Crippen molar-refractivity contribution in [2.24, 2.45) is 0 Å². The summed E-state index contributed by atoms with van der Waals surface area (Å²) in [5, 5.41) is 0.641. The van der Waals surface area contributed by atoms with E-state index < -0.39 is 0 Å². The second-order valence-electron chi connectivity index (χ2n) is 8.99. The molecule has 0 bridgehead atoms. The number of fused-ring (bicyclic) bond motifs is 1. The second kappa shape index (κ2) is 9.59. The highest BCUT2D eigenvalue weighted by atomic mass is 16.2. The lowest BCUT2D eigenvalue weighted by molar-refractivity contribution is -0.132. The number of hydrogen-bond donors (Lipinski definition) is 0. The number of pyridine rings is 1. The monoisotopic (exact) mass is 452 g/mol. The molecule has 1 amide bonds. The molecular formula is C28H28N4O2. The molecule has 5 rings (SSSR count). The Bertz CT molecular complexity index is 1380. The van der Waals surface area contributed by atoms with Gasteiger partial charge in [0.15, 0.2) is 0 Å². The first-order valence-corrected chi connectivity index (χ1v) is 11.8. The van der Waals surface area contributed by atoms with E-state index in [2.05, 4.69) is 24.0 Å². The summed E-state index contributed by atoms with van der Waals surface area (Å²) < 4.78 is 1.82. The Kier molecular flexibility index (Phi) is 6.21. The van der Waals surface area contributed by atoms with E-state index in [0.717, 1.165) is 29.5 Å². The molecular weight excluding hydrogens is 424 g/mol. The Morgan fingerprint density at radius 3 is 2.59 bits per heavy atom. The normalized spacial score (nSPS) is 13.2. The predicted molar refractivity (Wildman–Crippen MR) is 132 cm³/mol. The summed E-state index contributed by atoms with van der Waals surface area (Å²) in [5.41, 5.74) is 3.97. The van der Waals surface area contributed by atoms with Crippen LogP contribution >= 0.6 is 0 Å². The summed E-state index contributed by atoms with van der Waals surface area (Å²) in [7, 11) is 0. The summed E-state index contributed by atoms with van der Waals surface area (Å²) in [6.07, 6.45) is 6.24. The molecule has 0 saturated heterocycles. The van der Waals surface area contributed by atoms with Gasteiger partial charge >= 0.3 is 0 Å². The predicted octanol–water partition coefficient (Wildman–Crippen LogP) is 4.60. The van der Waals surface area contributed by atoms with Crippen LogP contribution in [0.4, 0.5) is 0 Å². The summed E-state index contributed by atoms with van der Waals surface area (Å²) in [5.74, 6) is 0.744. The zero-order chi connectivity index (χ0) is 23.5. The van der Waals surface area contributed by atoms with Gasteiger partial charge in [-0.1, -0.05) is 42.5 Å². The highest BCUT2D eigenvalue weighted by molar-refractivity contribution is 5.78. The molecule has 0 atom stereocenters. The van der Waals surface area contributed by atoms with Crippen LogP contribution in [0, 0.1) is 6.92 Å². The maximum Gasteiger partial charge on any atom is 0.261 e. The van der Waals surface area contributed by atoms with Crippen LogP contribution in [-0.2, 0) is 24.3 Å². The lowest BCUT2D eigenvalue weighted by Gasteiger charge is -2.24. The highest BCUT2D eigenvalue weighted by Gasteiger charge is 2.28. The lowest BCUT2D eigenvalue weighted by atomic mass is 10.1. The van der Waals surface area contributed by atoms with Gasteiger partial charge in [-0.3, -0.25) is 19.1 Å². The second-order valence-corrected chi connectivity index (χ2v) is 8.99. The van der Waals surface area contributed by atoms with Gasteiger partial charge in [-0.25, -0.2) is 4.98 Å². The summed E-state index contributed by atoms with van der Waals surface area (Å²) >= 11 is 0. The summed E-state index contributed by atoms with van der Waals surface area (Å²) in [6, 6.07) is 19.7. The molecule has 1 aliphatic rings. The molecule has 4 aromatic rings. The first-order valence-electron chi connectivity index (χ1n) is 11.8. The van der Waals surface area contributed by atoms with E-state index in [0.29, 0.717) is 42.7 Å². The van der Waals surface area contributed by atoms with Gasteiger partial charge in [0.25, 0.3) is 5.56 Å². The number of amides is 1. The number of hydrogen-bond acceptors (Lipinski definition) is 4. The van der Waals surface area contributed by atoms with E-state index in [4.69, 9.17) is 4.98 Å². The van der Waals surface area contributed by atoms with Gasteiger partial charge in [0.05, 0.1) is 10.9 Å². The van der Waals surface area contributed by atoms with E-state index in [1.54, 1.807) is 12.4 Å². The minimum atomic E-state index is 0.00248. The molecule has 0 aliphatic heterocycles. The van der Waals surface area contributed by atoms with E-state index >= 15 is 0 Å². The Balaban J connectivity index is 1.40. The van der Waals surface area contributed by atoms with Gasteiger partial charge in [0.1, 0.15) is 5.82 Å². The van der Waals surface area contributed by atoms with Crippen LogP contribution < -0.4 is 5.56 Å². The third-order valence-corrected chi connectivity index (χ3v) is 6.43. The number of carbonyl (C=O) groups excluding carboxylic acids is 1. The molecule has 6 heteroatoms. The van der Waals surface area contributed by atoms with Crippen LogP contribution in [0.1, 0.15) is 47.8 Å². The van der Waals surface area contributed by atoms with Crippen LogP contribution in [0.15, 0.2) is 77.9 Å². The van der Waals surface area contributed by atoms with E-state index in [-0.39, 0.29) is 17.5 Å². The molecule has 1 fully saturated rings. The number of benzene rings is 2. The number of para-hydroxylation sites is 1. The van der Waals surface area contributed by atoms with Gasteiger partial charge in [-0.2, -0.15) is 0 Å². The molecule has 2 heterocycles. The van der Waals surface area contributed by atoms with Gasteiger partial charge in [-0.05, 0) is 54.7 Å². The van der Waals surface area contributed by atoms with Crippen LogP contribution in [-0.4, -0.2) is 25.3 Å². The van der Waals surface area contributed by atoms with Gasteiger partial charge in [0, 0.05) is 44.4 Å². The standard InChI is InChI=1S/C28H28N4O2/c1-20-7-2-3-9-22(20)19-31(18-21-8-6-16-29-17-21)27(33)15-14-26-30-25-11-5-4-10-24(25)28(34)32(26)23-12-13-23/h2-11,16-17,23H,12-15,18-19H2,1H3. The van der Waals surface area contributed by atoms with Crippen molar-refractivity contribution in [3.63, 3.8) is 0 Å². The van der Waals surface area contributed by atoms with Crippen molar-refractivity contribution in [2.75, 3.05) is 0 Å². The van der Waals surface area contributed by atoms with E-state index in [9.17, 15) is 9.59 Å². The van der Waals surface area contributed by atoms with Crippen molar-refractivity contribution in [1.29, 1.82) is 0 Å². The van der Waals surface area contributed by atoms with Crippen molar-refractivity contribution < 1.29 is 4.79 Å². The Labute approximate surface area is 198 Å². The molecule has 1 saturated carbocycles. The summed E-state index contributed by atoms with van der Waals surface area (Å²) in [4.78, 5) is 37.5. The van der Waals surface area contributed by atoms with E-state index in [1.807, 2.05) is 58.0 Å². The van der Waals surface area contributed by atoms with Crippen molar-refractivity contribution in [2.45, 2.75) is 51.7 Å². The topological polar surface area (TPSA) is 68.1 Å². The average molecular weight is 453 g/mol. The molecule has 2 aromatic carbocycles. The third kappa shape index (κ3) is 4.76. The maximum atomic E-state index is 13.5. The number of nitrogens with zero attached hydrogens (tertiary/aromatic N) is 4. The zero-order valence-electron chi connectivity index (χ0n) is 19.4. The quantitative estimate of drug-likeness (QED) is 0.392. The minimum absolute atomic E-state index is 0.00248. The first-order chi connectivity index (χ1) is 16.6.